The first-order chi connectivity index (χ1) is 12.9. The van der Waals surface area contributed by atoms with Crippen molar-refractivity contribution in [2.75, 3.05) is 4.43 Å². The Kier molecular flexibility index (Phi) is 7.40. The molecule has 1 atom stereocenters. The maximum Gasteiger partial charge on any atom is 0.426 e. The quantitative estimate of drug-likeness (QED) is 0.198. The van der Waals surface area contributed by atoms with Crippen LogP contribution in [-0.4, -0.2) is 15.1 Å². The summed E-state index contributed by atoms with van der Waals surface area (Å²) in [5.41, 5.74) is 1.16. The average molecular weight is 500 g/mol. The number of hydrogen-bond donors (Lipinski definition) is 0. The molecule has 1 unspecified atom stereocenters. The van der Waals surface area contributed by atoms with E-state index in [0.29, 0.717) is 0 Å². The summed E-state index contributed by atoms with van der Waals surface area (Å²) in [5, 5.41) is 0. The molecule has 0 aliphatic heterocycles. The van der Waals surface area contributed by atoms with Crippen LogP contribution in [-0.2, 0) is 4.74 Å². The van der Waals surface area contributed by atoms with Crippen molar-refractivity contribution in [1.82, 2.24) is 0 Å². The molecule has 2 aliphatic rings. The van der Waals surface area contributed by atoms with Crippen molar-refractivity contribution in [3.8, 4) is 0 Å². The van der Waals surface area contributed by atoms with E-state index in [1.807, 2.05) is 46.8 Å². The fraction of sp³-hybridized carbons (Fsp3) is 0.458. The summed E-state index contributed by atoms with van der Waals surface area (Å²) in [6.07, 6.45) is 12.6. The number of alkyl halides is 3. The SMILES string of the molecule is C=ICCCC1(C)C=C(C)C=CC(C(F)(F)OC2=CC(C)(C)C=C(C)C=C2)=C1. The Hall–Kier alpha value is -1.30. The molecule has 28 heavy (non-hydrogen) atoms. The van der Waals surface area contributed by atoms with Crippen molar-refractivity contribution in [2.24, 2.45) is 10.8 Å². The third-order valence-electron chi connectivity index (χ3n) is 4.76. The highest BCUT2D eigenvalue weighted by Crippen LogP contribution is 2.40. The number of hydrogen-bond acceptors (Lipinski definition) is 1. The monoisotopic (exact) mass is 500 g/mol. The van der Waals surface area contributed by atoms with Crippen molar-refractivity contribution in [2.45, 2.75) is 53.6 Å². The second-order valence-corrected chi connectivity index (χ2v) is 10.7. The molecule has 0 radical (unpaired) electrons. The summed E-state index contributed by atoms with van der Waals surface area (Å²) in [6, 6.07) is 0. The van der Waals surface area contributed by atoms with Crippen molar-refractivity contribution in [1.29, 1.82) is 0 Å². The normalized spacial score (nSPS) is 24.5. The molecule has 2 aliphatic carbocycles. The van der Waals surface area contributed by atoms with Crippen LogP contribution in [0.2, 0.25) is 0 Å². The van der Waals surface area contributed by atoms with E-state index in [4.69, 9.17) is 4.74 Å². The molecule has 1 nitrogen and oxygen atoms in total. The fourth-order valence-electron chi connectivity index (χ4n) is 3.68. The first kappa shape index (κ1) is 23.0. The maximum absolute atomic E-state index is 15.2. The van der Waals surface area contributed by atoms with Gasteiger partial charge in [0.1, 0.15) is 5.76 Å². The molecular formula is C24H31F2IO. The lowest BCUT2D eigenvalue weighted by atomic mass is 9.83. The zero-order chi connectivity index (χ0) is 21.0. The van der Waals surface area contributed by atoms with Gasteiger partial charge in [0.15, 0.2) is 0 Å². The van der Waals surface area contributed by atoms with Crippen LogP contribution in [0.4, 0.5) is 8.78 Å². The summed E-state index contributed by atoms with van der Waals surface area (Å²) in [7, 11) is 0. The number of rotatable bonds is 7. The van der Waals surface area contributed by atoms with Gasteiger partial charge in [-0.25, -0.2) is 0 Å². The van der Waals surface area contributed by atoms with Gasteiger partial charge in [-0.3, -0.25) is 0 Å². The number of ether oxygens (including phenoxy) is 1. The molecule has 154 valence electrons. The second-order valence-electron chi connectivity index (χ2n) is 8.52. The van der Waals surface area contributed by atoms with Gasteiger partial charge < -0.3 is 4.74 Å². The van der Waals surface area contributed by atoms with Gasteiger partial charge in [0, 0.05) is 10.8 Å². The molecule has 0 aromatic heterocycles. The van der Waals surface area contributed by atoms with E-state index in [1.165, 1.54) is 6.08 Å². The predicted molar refractivity (Wildman–Crippen MR) is 125 cm³/mol. The van der Waals surface area contributed by atoms with E-state index < -0.39 is 11.5 Å². The first-order valence-electron chi connectivity index (χ1n) is 9.56. The standard InChI is InChI=1S/C24H31F2IO/c1-18-9-11-21(17-22(3,4)14-18)28-24(25,26)20-10-8-19(2)15-23(5,16-20)12-7-13-27-6/h8-11,14-17H,6-7,12-13H2,1-5H3. The van der Waals surface area contributed by atoms with Gasteiger partial charge in [-0.1, -0.05) is 66.8 Å². The topological polar surface area (TPSA) is 9.23 Å². The van der Waals surface area contributed by atoms with Gasteiger partial charge in [0.2, 0.25) is 0 Å². The van der Waals surface area contributed by atoms with Crippen LogP contribution in [0.3, 0.4) is 0 Å². The summed E-state index contributed by atoms with van der Waals surface area (Å²) in [4.78, 5) is 0. The minimum absolute atomic E-state index is 0.0251. The van der Waals surface area contributed by atoms with Crippen LogP contribution in [0.1, 0.15) is 47.5 Å². The molecule has 4 heteroatoms. The van der Waals surface area contributed by atoms with E-state index in [9.17, 15) is 0 Å². The Bertz CT molecular complexity index is 793. The third kappa shape index (κ3) is 6.64. The van der Waals surface area contributed by atoms with Gasteiger partial charge in [-0.2, -0.15) is 8.78 Å². The van der Waals surface area contributed by atoms with Crippen LogP contribution < -0.4 is 0 Å². The smallest absolute Gasteiger partial charge is 0.426 e. The molecule has 2 rings (SSSR count). The molecule has 0 aromatic carbocycles. The third-order valence-corrected chi connectivity index (χ3v) is 6.28. The molecule has 0 fully saturated rings. The lowest BCUT2D eigenvalue weighted by Crippen LogP contribution is -2.25. The van der Waals surface area contributed by atoms with Crippen molar-refractivity contribution >= 4 is 25.2 Å². The Balaban J connectivity index is 2.31. The molecule has 0 N–H and O–H groups in total. The number of halogens is 3. The minimum atomic E-state index is -3.40. The molecule has 0 spiro atoms. The predicted octanol–water partition coefficient (Wildman–Crippen LogP) is 7.65. The lowest BCUT2D eigenvalue weighted by molar-refractivity contribution is -0.177. The van der Waals surface area contributed by atoms with E-state index in [1.54, 1.807) is 24.3 Å². The van der Waals surface area contributed by atoms with Crippen molar-refractivity contribution < 1.29 is 13.5 Å². The van der Waals surface area contributed by atoms with Crippen LogP contribution in [0.5, 0.6) is 0 Å². The summed E-state index contributed by atoms with van der Waals surface area (Å²) < 4.78 is 40.6. The largest absolute Gasteiger partial charge is 0.429 e. The highest BCUT2D eigenvalue weighted by molar-refractivity contribution is 14.2. The Morgan fingerprint density at radius 3 is 2.29 bits per heavy atom. The molecule has 0 heterocycles. The maximum atomic E-state index is 15.2. The van der Waals surface area contributed by atoms with Crippen LogP contribution in [0.25, 0.3) is 0 Å². The van der Waals surface area contributed by atoms with Gasteiger partial charge >= 0.3 is 6.11 Å². The first-order valence-corrected chi connectivity index (χ1v) is 12.6. The van der Waals surface area contributed by atoms with E-state index in [0.717, 1.165) is 28.4 Å². The van der Waals surface area contributed by atoms with Gasteiger partial charge in [0.05, 0.1) is 5.57 Å². The zero-order valence-corrected chi connectivity index (χ0v) is 19.6. The van der Waals surface area contributed by atoms with E-state index in [2.05, 4.69) is 10.6 Å². The Labute approximate surface area is 178 Å². The van der Waals surface area contributed by atoms with Gasteiger partial charge in [0.25, 0.3) is 0 Å². The number of allylic oxidation sites excluding steroid dienone is 9. The lowest BCUT2D eigenvalue weighted by Gasteiger charge is -2.26. The highest BCUT2D eigenvalue weighted by atomic mass is 127. The highest BCUT2D eigenvalue weighted by Gasteiger charge is 2.39. The summed E-state index contributed by atoms with van der Waals surface area (Å²) >= 11 is -0.0251. The molecule has 0 saturated heterocycles. The molecular weight excluding hydrogens is 469 g/mol. The van der Waals surface area contributed by atoms with Gasteiger partial charge in [-0.15, -0.1) is 20.7 Å². The molecule has 0 amide bonds. The average Bonchev–Trinajstić information content (AvgIpc) is 2.78. The Morgan fingerprint density at radius 2 is 1.61 bits per heavy atom. The minimum Gasteiger partial charge on any atom is -0.429 e. The Morgan fingerprint density at radius 1 is 0.964 bits per heavy atom. The fourth-order valence-corrected chi connectivity index (χ4v) is 4.60. The zero-order valence-electron chi connectivity index (χ0n) is 17.5. The molecule has 0 saturated carbocycles. The van der Waals surface area contributed by atoms with Crippen LogP contribution in [0.15, 0.2) is 71.1 Å². The van der Waals surface area contributed by atoms with Gasteiger partial charge in [-0.05, 0) is 49.3 Å². The van der Waals surface area contributed by atoms with Crippen molar-refractivity contribution in [3.05, 3.63) is 71.1 Å². The van der Waals surface area contributed by atoms with Crippen LogP contribution >= 0.6 is 20.7 Å². The molecule has 0 bridgehead atoms. The van der Waals surface area contributed by atoms with E-state index >= 15 is 8.78 Å². The summed E-state index contributed by atoms with van der Waals surface area (Å²) in [5.74, 6) is 0.190. The summed E-state index contributed by atoms with van der Waals surface area (Å²) in [6.45, 7) is 9.88. The van der Waals surface area contributed by atoms with Crippen LogP contribution in [0, 0.1) is 10.8 Å². The molecule has 0 aromatic rings. The second kappa shape index (κ2) is 9.02. The van der Waals surface area contributed by atoms with Crippen molar-refractivity contribution in [3.63, 3.8) is 0 Å². The van der Waals surface area contributed by atoms with E-state index in [-0.39, 0.29) is 37.5 Å².